The lowest BCUT2D eigenvalue weighted by Crippen LogP contribution is -2.40. The van der Waals surface area contributed by atoms with Crippen molar-refractivity contribution in [2.24, 2.45) is 0 Å². The predicted octanol–water partition coefficient (Wildman–Crippen LogP) is 5.68. The maximum absolute atomic E-state index is 10.7. The Morgan fingerprint density at radius 3 is 2.40 bits per heavy atom. The first kappa shape index (κ1) is 23.0. The fourth-order valence-electron chi connectivity index (χ4n) is 5.07. The van der Waals surface area contributed by atoms with Crippen LogP contribution in [0.2, 0.25) is 0 Å². The van der Waals surface area contributed by atoms with E-state index >= 15 is 0 Å². The van der Waals surface area contributed by atoms with Crippen LogP contribution in [0.15, 0.2) is 53.0 Å². The number of nitrogens with one attached hydrogen (secondary N) is 1. The summed E-state index contributed by atoms with van der Waals surface area (Å²) in [5.41, 5.74) is 4.92. The van der Waals surface area contributed by atoms with E-state index in [1.54, 1.807) is 5.56 Å². The molecule has 2 saturated heterocycles. The molecule has 0 radical (unpaired) electrons. The van der Waals surface area contributed by atoms with Crippen LogP contribution in [0.25, 0.3) is 0 Å². The first-order valence-corrected chi connectivity index (χ1v) is 12.2. The number of halogens is 1. The molecule has 4 heteroatoms. The van der Waals surface area contributed by atoms with Crippen molar-refractivity contribution < 1.29 is 4.79 Å². The quantitative estimate of drug-likeness (QED) is 0.572. The second-order valence-corrected chi connectivity index (χ2v) is 9.14. The van der Waals surface area contributed by atoms with Crippen molar-refractivity contribution in [2.75, 3.05) is 26.2 Å². The second kappa shape index (κ2) is 11.1. The van der Waals surface area contributed by atoms with Gasteiger partial charge in [-0.25, -0.2) is 0 Å². The van der Waals surface area contributed by atoms with Gasteiger partial charge in [-0.3, -0.25) is 4.79 Å². The number of carbonyl (C=O) groups excluding carboxylic acids is 1. The van der Waals surface area contributed by atoms with E-state index in [2.05, 4.69) is 69.8 Å². The zero-order chi connectivity index (χ0) is 21.4. The molecule has 1 N–H and O–H groups in total. The Hall–Kier alpha value is -1.65. The van der Waals surface area contributed by atoms with Gasteiger partial charge in [0.2, 0.25) is 6.41 Å². The Bertz CT molecular complexity index is 808. The summed E-state index contributed by atoms with van der Waals surface area (Å²) in [5.74, 6) is 0.709. The summed E-state index contributed by atoms with van der Waals surface area (Å²) in [5, 5.41) is 3.38. The third-order valence-electron chi connectivity index (χ3n) is 6.77. The van der Waals surface area contributed by atoms with Crippen LogP contribution in [0.3, 0.4) is 0 Å². The molecule has 2 aromatic rings. The zero-order valence-electron chi connectivity index (χ0n) is 18.4. The van der Waals surface area contributed by atoms with Gasteiger partial charge in [-0.1, -0.05) is 72.2 Å². The molecule has 1 atom stereocenters. The molecule has 5 rings (SSSR count). The molecule has 1 unspecified atom stereocenters. The molecule has 2 heterocycles. The zero-order valence-corrected chi connectivity index (χ0v) is 20.0. The molecule has 1 aliphatic carbocycles. The van der Waals surface area contributed by atoms with E-state index in [0.717, 1.165) is 45.4 Å². The minimum Gasteiger partial charge on any atom is -0.345 e. The molecule has 30 heavy (non-hydrogen) atoms. The van der Waals surface area contributed by atoms with Gasteiger partial charge in [0, 0.05) is 24.1 Å². The number of carbonyl (C=O) groups is 1. The summed E-state index contributed by atoms with van der Waals surface area (Å²) in [7, 11) is 0. The Kier molecular flexibility index (Phi) is 8.52. The SMILES string of the molecule is Brc1ccccc1C1CCNC1.CC.O=CN1CCC2(CCc3ccccc32)CC1. The van der Waals surface area contributed by atoms with Gasteiger partial charge in [-0.05, 0) is 72.7 Å². The van der Waals surface area contributed by atoms with Gasteiger partial charge in [0.15, 0.2) is 0 Å². The maximum Gasteiger partial charge on any atom is 0.209 e. The van der Waals surface area contributed by atoms with Gasteiger partial charge in [-0.2, -0.15) is 0 Å². The summed E-state index contributed by atoms with van der Waals surface area (Å²) in [6, 6.07) is 17.3. The minimum atomic E-state index is 0.385. The molecule has 1 amide bonds. The molecule has 3 aliphatic rings. The van der Waals surface area contributed by atoms with Gasteiger partial charge in [0.25, 0.3) is 0 Å². The van der Waals surface area contributed by atoms with Gasteiger partial charge >= 0.3 is 0 Å². The van der Waals surface area contributed by atoms with Gasteiger partial charge in [0.05, 0.1) is 0 Å². The lowest BCUT2D eigenvalue weighted by atomic mass is 9.74. The van der Waals surface area contributed by atoms with Crippen molar-refractivity contribution in [3.05, 3.63) is 69.7 Å². The molecule has 0 saturated carbocycles. The first-order valence-electron chi connectivity index (χ1n) is 11.4. The first-order chi connectivity index (χ1) is 14.7. The van der Waals surface area contributed by atoms with Gasteiger partial charge in [-0.15, -0.1) is 0 Å². The Morgan fingerprint density at radius 1 is 1.03 bits per heavy atom. The van der Waals surface area contributed by atoms with Crippen LogP contribution in [-0.2, 0) is 16.6 Å². The number of fused-ring (bicyclic) bond motifs is 2. The predicted molar refractivity (Wildman–Crippen MR) is 129 cm³/mol. The van der Waals surface area contributed by atoms with Gasteiger partial charge in [0.1, 0.15) is 0 Å². The summed E-state index contributed by atoms with van der Waals surface area (Å²) in [4.78, 5) is 12.6. The summed E-state index contributed by atoms with van der Waals surface area (Å²) >= 11 is 3.58. The van der Waals surface area contributed by atoms with Crippen LogP contribution in [0.1, 0.15) is 62.1 Å². The molecule has 1 spiro atoms. The molecule has 0 aromatic heterocycles. The van der Waals surface area contributed by atoms with Crippen LogP contribution in [0.5, 0.6) is 0 Å². The number of nitrogens with zero attached hydrogens (tertiary/aromatic N) is 1. The van der Waals surface area contributed by atoms with E-state index < -0.39 is 0 Å². The van der Waals surface area contributed by atoms with E-state index in [1.807, 2.05) is 18.7 Å². The highest BCUT2D eigenvalue weighted by Crippen LogP contribution is 2.45. The van der Waals surface area contributed by atoms with E-state index in [-0.39, 0.29) is 0 Å². The molecule has 2 fully saturated rings. The number of rotatable bonds is 2. The number of hydrogen-bond acceptors (Lipinski definition) is 2. The molecule has 2 aliphatic heterocycles. The Morgan fingerprint density at radius 2 is 1.73 bits per heavy atom. The van der Waals surface area contributed by atoms with E-state index in [1.165, 1.54) is 34.9 Å². The molecule has 3 nitrogen and oxygen atoms in total. The number of amides is 1. The van der Waals surface area contributed by atoms with Crippen molar-refractivity contribution in [2.45, 2.75) is 57.3 Å². The maximum atomic E-state index is 10.7. The summed E-state index contributed by atoms with van der Waals surface area (Å²) < 4.78 is 1.25. The lowest BCUT2D eigenvalue weighted by Gasteiger charge is -2.38. The van der Waals surface area contributed by atoms with Gasteiger partial charge < -0.3 is 10.2 Å². The molecule has 162 valence electrons. The van der Waals surface area contributed by atoms with Crippen LogP contribution in [-0.4, -0.2) is 37.5 Å². The van der Waals surface area contributed by atoms with Crippen LogP contribution >= 0.6 is 15.9 Å². The Balaban J connectivity index is 0.000000163. The molecule has 2 aromatic carbocycles. The van der Waals surface area contributed by atoms with Crippen molar-refractivity contribution >= 4 is 22.3 Å². The number of hydrogen-bond donors (Lipinski definition) is 1. The van der Waals surface area contributed by atoms with Crippen LogP contribution in [0.4, 0.5) is 0 Å². The Labute approximate surface area is 190 Å². The largest absolute Gasteiger partial charge is 0.345 e. The second-order valence-electron chi connectivity index (χ2n) is 8.29. The monoisotopic (exact) mass is 470 g/mol. The third kappa shape index (κ3) is 5.15. The summed E-state index contributed by atoms with van der Waals surface area (Å²) in [6.07, 6.45) is 7.04. The smallest absolute Gasteiger partial charge is 0.209 e. The van der Waals surface area contributed by atoms with Crippen molar-refractivity contribution in [1.82, 2.24) is 10.2 Å². The highest BCUT2D eigenvalue weighted by atomic mass is 79.9. The topological polar surface area (TPSA) is 32.3 Å². The minimum absolute atomic E-state index is 0.385. The highest BCUT2D eigenvalue weighted by Gasteiger charge is 2.40. The lowest BCUT2D eigenvalue weighted by molar-refractivity contribution is -0.119. The fourth-order valence-corrected chi connectivity index (χ4v) is 5.68. The number of likely N-dealkylation sites (tertiary alicyclic amines) is 1. The number of piperidine rings is 1. The van der Waals surface area contributed by atoms with Crippen molar-refractivity contribution in [1.29, 1.82) is 0 Å². The molecular weight excluding hydrogens is 436 g/mol. The van der Waals surface area contributed by atoms with Crippen LogP contribution < -0.4 is 5.32 Å². The van der Waals surface area contributed by atoms with Crippen LogP contribution in [0, 0.1) is 0 Å². The normalized spacial score (nSPS) is 21.2. The van der Waals surface area contributed by atoms with E-state index in [0.29, 0.717) is 11.3 Å². The van der Waals surface area contributed by atoms with Crippen molar-refractivity contribution in [3.63, 3.8) is 0 Å². The highest BCUT2D eigenvalue weighted by molar-refractivity contribution is 9.10. The van der Waals surface area contributed by atoms with E-state index in [9.17, 15) is 4.79 Å². The van der Waals surface area contributed by atoms with E-state index in [4.69, 9.17) is 0 Å². The number of aryl methyl sites for hydroxylation is 1. The average molecular weight is 471 g/mol. The number of benzene rings is 2. The fraction of sp³-hybridized carbons (Fsp3) is 0.500. The third-order valence-corrected chi connectivity index (χ3v) is 7.49. The molecular formula is C26H35BrN2O. The standard InChI is InChI=1S/C14H17NO.C10H12BrN.C2H6/c16-11-15-9-7-14(8-10-15)6-5-12-3-1-2-4-13(12)14;11-10-4-2-1-3-9(10)8-5-6-12-7-8;1-2/h1-4,11H,5-10H2;1-4,8,12H,5-7H2;1-2H3. The summed E-state index contributed by atoms with van der Waals surface area (Å²) in [6.45, 7) is 8.14. The average Bonchev–Trinajstić information content (AvgIpc) is 3.46. The molecule has 0 bridgehead atoms. The van der Waals surface area contributed by atoms with Crippen molar-refractivity contribution in [3.8, 4) is 0 Å².